The van der Waals surface area contributed by atoms with Crippen molar-refractivity contribution in [3.8, 4) is 11.1 Å². The van der Waals surface area contributed by atoms with Gasteiger partial charge in [-0.2, -0.15) is 0 Å². The molecule has 0 bridgehead atoms. The first-order chi connectivity index (χ1) is 16.0. The summed E-state index contributed by atoms with van der Waals surface area (Å²) in [4.78, 5) is 38.9. The van der Waals surface area contributed by atoms with Crippen molar-refractivity contribution in [1.82, 2.24) is 4.90 Å². The Morgan fingerprint density at radius 3 is 1.97 bits per heavy atom. The fourth-order valence-corrected chi connectivity index (χ4v) is 4.21. The normalized spacial score (nSPS) is 12.9. The van der Waals surface area contributed by atoms with Gasteiger partial charge in [-0.1, -0.05) is 78.9 Å². The number of hydrogen-bond donors (Lipinski definition) is 1. The molecule has 33 heavy (non-hydrogen) atoms. The Hall–Kier alpha value is -4.13. The van der Waals surface area contributed by atoms with E-state index in [1.54, 1.807) is 12.1 Å². The van der Waals surface area contributed by atoms with Crippen molar-refractivity contribution in [3.05, 3.63) is 95.6 Å². The zero-order valence-electron chi connectivity index (χ0n) is 18.0. The van der Waals surface area contributed by atoms with Crippen LogP contribution >= 0.6 is 0 Å². The molecule has 0 spiro atoms. The fraction of sp³-hybridized carbons (Fsp3) is 0.192. The summed E-state index contributed by atoms with van der Waals surface area (Å²) in [6.07, 6.45) is -1.35. The van der Waals surface area contributed by atoms with E-state index in [-0.39, 0.29) is 6.61 Å². The number of carbonyl (C=O) groups excluding carboxylic acids is 2. The average molecular weight is 445 g/mol. The molecule has 1 atom stereocenters. The maximum Gasteiger partial charge on any atom is 0.411 e. The molecule has 0 saturated heterocycles. The lowest BCUT2D eigenvalue weighted by molar-refractivity contribution is -0.153. The molecule has 0 aliphatic heterocycles. The number of methoxy groups -OCH3 is 1. The fourth-order valence-electron chi connectivity index (χ4n) is 4.21. The predicted molar refractivity (Wildman–Crippen MR) is 120 cm³/mol. The Kier molecular flexibility index (Phi) is 6.40. The number of hydrogen-bond acceptors (Lipinski definition) is 5. The van der Waals surface area contributed by atoms with Crippen LogP contribution in [0.2, 0.25) is 0 Å². The van der Waals surface area contributed by atoms with Gasteiger partial charge in [-0.25, -0.2) is 9.59 Å². The molecule has 4 rings (SSSR count). The number of aliphatic carboxylic acids is 1. The second kappa shape index (κ2) is 9.56. The van der Waals surface area contributed by atoms with E-state index < -0.39 is 36.5 Å². The second-order valence-electron chi connectivity index (χ2n) is 7.66. The molecule has 0 fully saturated rings. The molecule has 1 N–H and O–H groups in total. The van der Waals surface area contributed by atoms with Gasteiger partial charge in [-0.15, -0.1) is 0 Å². The van der Waals surface area contributed by atoms with Crippen LogP contribution in [0, 0.1) is 0 Å². The minimum absolute atomic E-state index is 0.0132. The molecule has 0 unspecified atom stereocenters. The third kappa shape index (κ3) is 4.43. The summed E-state index contributed by atoms with van der Waals surface area (Å²) in [5.74, 6) is -2.04. The van der Waals surface area contributed by atoms with Crippen molar-refractivity contribution in [1.29, 1.82) is 0 Å². The highest BCUT2D eigenvalue weighted by atomic mass is 16.5. The van der Waals surface area contributed by atoms with Crippen molar-refractivity contribution in [3.63, 3.8) is 0 Å². The second-order valence-corrected chi connectivity index (χ2v) is 7.66. The number of carboxylic acid groups (broad SMARTS) is 1. The lowest BCUT2D eigenvalue weighted by Crippen LogP contribution is -2.48. The average Bonchev–Trinajstić information content (AvgIpc) is 3.17. The van der Waals surface area contributed by atoms with Crippen LogP contribution in [0.3, 0.4) is 0 Å². The molecule has 3 aromatic rings. The molecular formula is C26H23NO6. The van der Waals surface area contributed by atoms with Crippen LogP contribution < -0.4 is 0 Å². The van der Waals surface area contributed by atoms with Gasteiger partial charge in [-0.3, -0.25) is 9.69 Å². The lowest BCUT2D eigenvalue weighted by Gasteiger charge is -2.33. The van der Waals surface area contributed by atoms with Gasteiger partial charge in [0.25, 0.3) is 0 Å². The highest BCUT2D eigenvalue weighted by molar-refractivity contribution is 5.87. The van der Waals surface area contributed by atoms with E-state index in [1.165, 1.54) is 7.11 Å². The smallest absolute Gasteiger partial charge is 0.411 e. The number of ether oxygens (including phenoxy) is 2. The van der Waals surface area contributed by atoms with Crippen molar-refractivity contribution in [2.75, 3.05) is 7.11 Å². The highest BCUT2D eigenvalue weighted by Crippen LogP contribution is 2.47. The number of carboxylic acids is 1. The number of esters is 1. The number of fused-ring (bicyclic) bond motifs is 3. The van der Waals surface area contributed by atoms with E-state index in [0.29, 0.717) is 0 Å². The van der Waals surface area contributed by atoms with E-state index in [4.69, 9.17) is 9.47 Å². The molecule has 7 nitrogen and oxygen atoms in total. The summed E-state index contributed by atoms with van der Waals surface area (Å²) in [5, 5.41) is 10.0. The number of amides is 1. The Balaban J connectivity index is 1.66. The molecule has 7 heteroatoms. The van der Waals surface area contributed by atoms with Gasteiger partial charge in [0.2, 0.25) is 0 Å². The number of benzene rings is 3. The molecule has 0 aromatic heterocycles. The van der Waals surface area contributed by atoms with Crippen LogP contribution in [-0.4, -0.2) is 41.2 Å². The van der Waals surface area contributed by atoms with E-state index in [2.05, 4.69) is 0 Å². The first-order valence-electron chi connectivity index (χ1n) is 10.5. The Labute approximate surface area is 191 Å². The van der Waals surface area contributed by atoms with Crippen LogP contribution in [0.1, 0.15) is 29.2 Å². The van der Waals surface area contributed by atoms with Crippen molar-refractivity contribution in [2.45, 2.75) is 25.1 Å². The topological polar surface area (TPSA) is 93.1 Å². The summed E-state index contributed by atoms with van der Waals surface area (Å²) in [6, 6.07) is 21.9. The van der Waals surface area contributed by atoms with Gasteiger partial charge in [0.05, 0.1) is 19.6 Å². The first-order valence-corrected chi connectivity index (χ1v) is 10.5. The van der Waals surface area contributed by atoms with Gasteiger partial charge in [-0.05, 0) is 27.8 Å². The van der Waals surface area contributed by atoms with Crippen molar-refractivity contribution in [2.24, 2.45) is 0 Å². The van der Waals surface area contributed by atoms with Gasteiger partial charge >= 0.3 is 18.0 Å². The minimum Gasteiger partial charge on any atom is -0.480 e. The summed E-state index contributed by atoms with van der Waals surface area (Å²) >= 11 is 0. The third-order valence-corrected chi connectivity index (χ3v) is 5.69. The molecule has 168 valence electrons. The number of rotatable bonds is 7. The Bertz CT molecular complexity index is 1130. The summed E-state index contributed by atoms with van der Waals surface area (Å²) in [6.45, 7) is 0.0132. The predicted octanol–water partition coefficient (Wildman–Crippen LogP) is 4.41. The summed E-state index contributed by atoms with van der Waals surface area (Å²) < 4.78 is 10.3. The molecule has 0 heterocycles. The van der Waals surface area contributed by atoms with Crippen molar-refractivity contribution >= 4 is 18.0 Å². The Morgan fingerprint density at radius 2 is 1.42 bits per heavy atom. The van der Waals surface area contributed by atoms with Crippen LogP contribution in [0.5, 0.6) is 0 Å². The summed E-state index contributed by atoms with van der Waals surface area (Å²) in [5.41, 5.74) is 4.13. The van der Waals surface area contributed by atoms with Crippen LogP contribution in [0.25, 0.3) is 11.1 Å². The standard InChI is InChI=1S/C26H23NO6/c1-32-26(31)27(22(25(29)30)15-23(28)33-16-17-9-3-2-4-10-17)24-20-13-7-5-11-18(20)19-12-6-8-14-21(19)24/h2-14,22,24H,15-16H2,1H3,(H,29,30)/t22-/m0/s1. The monoisotopic (exact) mass is 445 g/mol. The minimum atomic E-state index is -1.48. The van der Waals surface area contributed by atoms with Crippen LogP contribution in [0.15, 0.2) is 78.9 Å². The quantitative estimate of drug-likeness (QED) is 0.542. The molecule has 1 amide bonds. The lowest BCUT2D eigenvalue weighted by atomic mass is 10.0. The first kappa shape index (κ1) is 22.1. The summed E-state index contributed by atoms with van der Waals surface area (Å²) in [7, 11) is 1.19. The van der Waals surface area contributed by atoms with Gasteiger partial charge in [0.15, 0.2) is 0 Å². The maximum absolute atomic E-state index is 12.9. The van der Waals surface area contributed by atoms with E-state index in [0.717, 1.165) is 32.7 Å². The van der Waals surface area contributed by atoms with Gasteiger partial charge in [0, 0.05) is 0 Å². The maximum atomic E-state index is 12.9. The molecule has 0 saturated carbocycles. The molecule has 3 aromatic carbocycles. The van der Waals surface area contributed by atoms with Gasteiger partial charge in [0.1, 0.15) is 12.6 Å². The van der Waals surface area contributed by atoms with Gasteiger partial charge < -0.3 is 14.6 Å². The van der Waals surface area contributed by atoms with E-state index in [1.807, 2.05) is 66.7 Å². The van der Waals surface area contributed by atoms with Crippen molar-refractivity contribution < 1.29 is 29.0 Å². The highest BCUT2D eigenvalue weighted by Gasteiger charge is 2.43. The van der Waals surface area contributed by atoms with Crippen LogP contribution in [0.4, 0.5) is 4.79 Å². The molecular weight excluding hydrogens is 422 g/mol. The number of carbonyl (C=O) groups is 3. The van der Waals surface area contributed by atoms with E-state index >= 15 is 0 Å². The molecule has 1 aliphatic carbocycles. The Morgan fingerprint density at radius 1 is 0.879 bits per heavy atom. The van der Waals surface area contributed by atoms with Crippen LogP contribution in [-0.2, 0) is 25.7 Å². The SMILES string of the molecule is COC(=O)N(C1c2ccccc2-c2ccccc21)[C@@H](CC(=O)OCc1ccccc1)C(=O)O. The largest absolute Gasteiger partial charge is 0.480 e. The van der Waals surface area contributed by atoms with E-state index in [9.17, 15) is 19.5 Å². The zero-order chi connectivity index (χ0) is 23.4. The molecule has 0 radical (unpaired) electrons. The number of nitrogens with zero attached hydrogens (tertiary/aromatic N) is 1. The molecule has 1 aliphatic rings. The third-order valence-electron chi connectivity index (χ3n) is 5.69. The zero-order valence-corrected chi connectivity index (χ0v) is 18.0.